The summed E-state index contributed by atoms with van der Waals surface area (Å²) in [6, 6.07) is 13.5. The molecule has 0 saturated heterocycles. The predicted molar refractivity (Wildman–Crippen MR) is 72.5 cm³/mol. The number of anilines is 1. The fraction of sp³-hybridized carbons (Fsp3) is 0.0714. The summed E-state index contributed by atoms with van der Waals surface area (Å²) in [6.45, 7) is 1.89. The summed E-state index contributed by atoms with van der Waals surface area (Å²) in [6.07, 6.45) is 1.62. The van der Waals surface area contributed by atoms with Crippen molar-refractivity contribution in [1.82, 2.24) is 0 Å². The topological polar surface area (TPSA) is 29.1 Å². The minimum absolute atomic E-state index is 0.0425. The van der Waals surface area contributed by atoms with Gasteiger partial charge in [0.05, 0.1) is 4.88 Å². The number of carbonyl (C=O) groups excluding carboxylic acids is 1. The SMILES string of the molecule is C/C(=C/C(=O)c1cccs1)Nc1ccccc1. The molecule has 0 unspecified atom stereocenters. The Kier molecular flexibility index (Phi) is 3.73. The molecule has 3 heteroatoms. The molecule has 0 aliphatic rings. The molecule has 0 aliphatic carbocycles. The summed E-state index contributed by atoms with van der Waals surface area (Å²) in [5, 5.41) is 5.08. The molecule has 0 fully saturated rings. The van der Waals surface area contributed by atoms with Crippen LogP contribution in [0.15, 0.2) is 59.6 Å². The van der Waals surface area contributed by atoms with Gasteiger partial charge in [-0.3, -0.25) is 4.79 Å². The Morgan fingerprint density at radius 3 is 2.59 bits per heavy atom. The molecule has 86 valence electrons. The highest BCUT2D eigenvalue weighted by Crippen LogP contribution is 2.13. The molecule has 2 rings (SSSR count). The molecule has 17 heavy (non-hydrogen) atoms. The number of hydrogen-bond donors (Lipinski definition) is 1. The Morgan fingerprint density at radius 2 is 1.94 bits per heavy atom. The highest BCUT2D eigenvalue weighted by molar-refractivity contribution is 7.12. The van der Waals surface area contributed by atoms with Crippen LogP contribution in [0.4, 0.5) is 5.69 Å². The minimum atomic E-state index is 0.0425. The second kappa shape index (κ2) is 5.46. The third kappa shape index (κ3) is 3.29. The summed E-state index contributed by atoms with van der Waals surface area (Å²) in [5.41, 5.74) is 1.83. The zero-order valence-corrected chi connectivity index (χ0v) is 10.3. The zero-order chi connectivity index (χ0) is 12.1. The molecule has 2 nitrogen and oxygen atoms in total. The monoisotopic (exact) mass is 243 g/mol. The second-order valence-corrected chi connectivity index (χ2v) is 4.61. The van der Waals surface area contributed by atoms with Gasteiger partial charge >= 0.3 is 0 Å². The van der Waals surface area contributed by atoms with E-state index < -0.39 is 0 Å². The van der Waals surface area contributed by atoms with Gasteiger partial charge in [-0.05, 0) is 30.5 Å². The number of allylic oxidation sites excluding steroid dienone is 2. The van der Waals surface area contributed by atoms with Crippen LogP contribution in [0.3, 0.4) is 0 Å². The summed E-state index contributed by atoms with van der Waals surface area (Å²) in [5.74, 6) is 0.0425. The number of ketones is 1. The predicted octanol–water partition coefficient (Wildman–Crippen LogP) is 3.95. The van der Waals surface area contributed by atoms with Crippen LogP contribution in [0.5, 0.6) is 0 Å². The Labute approximate surface area is 105 Å². The Balaban J connectivity index is 2.05. The molecule has 1 N–H and O–H groups in total. The molecular weight excluding hydrogens is 230 g/mol. The van der Waals surface area contributed by atoms with Crippen LogP contribution in [0.25, 0.3) is 0 Å². The number of benzene rings is 1. The first-order valence-electron chi connectivity index (χ1n) is 5.34. The van der Waals surface area contributed by atoms with Gasteiger partial charge in [0.25, 0.3) is 0 Å². The summed E-state index contributed by atoms with van der Waals surface area (Å²) in [4.78, 5) is 12.6. The van der Waals surface area contributed by atoms with Crippen LogP contribution in [0.1, 0.15) is 16.6 Å². The summed E-state index contributed by atoms with van der Waals surface area (Å²) >= 11 is 1.46. The lowest BCUT2D eigenvalue weighted by Crippen LogP contribution is -1.99. The van der Waals surface area contributed by atoms with E-state index in [-0.39, 0.29) is 5.78 Å². The molecule has 0 aliphatic heterocycles. The number of hydrogen-bond acceptors (Lipinski definition) is 3. The van der Waals surface area contributed by atoms with E-state index in [9.17, 15) is 4.79 Å². The molecule has 0 amide bonds. The number of thiophene rings is 1. The summed E-state index contributed by atoms with van der Waals surface area (Å²) < 4.78 is 0. The van der Waals surface area contributed by atoms with Gasteiger partial charge in [-0.2, -0.15) is 0 Å². The minimum Gasteiger partial charge on any atom is -0.359 e. The fourth-order valence-corrected chi connectivity index (χ4v) is 2.11. The molecule has 0 bridgehead atoms. The smallest absolute Gasteiger partial charge is 0.197 e. The molecule has 1 aromatic carbocycles. The van der Waals surface area contributed by atoms with E-state index in [0.29, 0.717) is 0 Å². The number of rotatable bonds is 4. The van der Waals surface area contributed by atoms with Crippen molar-refractivity contribution in [3.05, 3.63) is 64.5 Å². The second-order valence-electron chi connectivity index (χ2n) is 3.66. The van der Waals surface area contributed by atoms with E-state index in [1.54, 1.807) is 6.08 Å². The van der Waals surface area contributed by atoms with Gasteiger partial charge in [-0.15, -0.1) is 11.3 Å². The highest BCUT2D eigenvalue weighted by Gasteiger charge is 2.03. The first-order chi connectivity index (χ1) is 8.25. The Morgan fingerprint density at radius 1 is 1.18 bits per heavy atom. The summed E-state index contributed by atoms with van der Waals surface area (Å²) in [7, 11) is 0. The van der Waals surface area contributed by atoms with E-state index in [1.165, 1.54) is 11.3 Å². The zero-order valence-electron chi connectivity index (χ0n) is 9.51. The van der Waals surface area contributed by atoms with Crippen LogP contribution in [-0.4, -0.2) is 5.78 Å². The number of carbonyl (C=O) groups is 1. The number of nitrogens with one attached hydrogen (secondary N) is 1. The Bertz CT molecular complexity index is 514. The van der Waals surface area contributed by atoms with Crippen molar-refractivity contribution in [2.45, 2.75) is 6.92 Å². The molecule has 0 radical (unpaired) electrons. The van der Waals surface area contributed by atoms with Crippen molar-refractivity contribution >= 4 is 22.8 Å². The van der Waals surface area contributed by atoms with Gasteiger partial charge in [-0.1, -0.05) is 24.3 Å². The highest BCUT2D eigenvalue weighted by atomic mass is 32.1. The number of para-hydroxylation sites is 1. The van der Waals surface area contributed by atoms with Gasteiger partial charge in [0.15, 0.2) is 5.78 Å². The largest absolute Gasteiger partial charge is 0.359 e. The van der Waals surface area contributed by atoms with E-state index in [0.717, 1.165) is 16.3 Å². The van der Waals surface area contributed by atoms with Crippen molar-refractivity contribution in [2.24, 2.45) is 0 Å². The van der Waals surface area contributed by atoms with E-state index >= 15 is 0 Å². The lowest BCUT2D eigenvalue weighted by molar-refractivity contribution is 0.105. The molecule has 0 atom stereocenters. The van der Waals surface area contributed by atoms with Gasteiger partial charge in [0.2, 0.25) is 0 Å². The maximum absolute atomic E-state index is 11.8. The molecule has 0 spiro atoms. The lowest BCUT2D eigenvalue weighted by Gasteiger charge is -2.05. The molecule has 2 aromatic rings. The van der Waals surface area contributed by atoms with E-state index in [4.69, 9.17) is 0 Å². The lowest BCUT2D eigenvalue weighted by atomic mass is 10.2. The van der Waals surface area contributed by atoms with Crippen molar-refractivity contribution < 1.29 is 4.79 Å². The van der Waals surface area contributed by atoms with Crippen LogP contribution in [0.2, 0.25) is 0 Å². The average molecular weight is 243 g/mol. The van der Waals surface area contributed by atoms with Gasteiger partial charge in [0.1, 0.15) is 0 Å². The molecular formula is C14H13NOS. The fourth-order valence-electron chi connectivity index (χ4n) is 1.47. The molecule has 1 heterocycles. The van der Waals surface area contributed by atoms with Crippen molar-refractivity contribution in [3.8, 4) is 0 Å². The van der Waals surface area contributed by atoms with E-state index in [1.807, 2.05) is 54.8 Å². The first kappa shape index (κ1) is 11.6. The third-order valence-electron chi connectivity index (χ3n) is 2.23. The Hall–Kier alpha value is -1.87. The van der Waals surface area contributed by atoms with Gasteiger partial charge in [-0.25, -0.2) is 0 Å². The first-order valence-corrected chi connectivity index (χ1v) is 6.22. The standard InChI is InChI=1S/C14H13NOS/c1-11(15-12-6-3-2-4-7-12)10-13(16)14-8-5-9-17-14/h2-10,15H,1H3/b11-10-. The van der Waals surface area contributed by atoms with Crippen LogP contribution in [0, 0.1) is 0 Å². The molecule has 1 aromatic heterocycles. The van der Waals surface area contributed by atoms with Crippen LogP contribution >= 0.6 is 11.3 Å². The normalized spacial score (nSPS) is 11.2. The van der Waals surface area contributed by atoms with Crippen LogP contribution < -0.4 is 5.32 Å². The maximum Gasteiger partial charge on any atom is 0.197 e. The maximum atomic E-state index is 11.8. The molecule has 0 saturated carbocycles. The van der Waals surface area contributed by atoms with Crippen molar-refractivity contribution in [2.75, 3.05) is 5.32 Å². The van der Waals surface area contributed by atoms with Gasteiger partial charge in [0, 0.05) is 17.5 Å². The van der Waals surface area contributed by atoms with E-state index in [2.05, 4.69) is 5.32 Å². The average Bonchev–Trinajstić information content (AvgIpc) is 2.83. The van der Waals surface area contributed by atoms with Crippen molar-refractivity contribution in [3.63, 3.8) is 0 Å². The third-order valence-corrected chi connectivity index (χ3v) is 3.11. The van der Waals surface area contributed by atoms with Crippen LogP contribution in [-0.2, 0) is 0 Å². The quantitative estimate of drug-likeness (QED) is 0.650. The van der Waals surface area contributed by atoms with Crippen molar-refractivity contribution in [1.29, 1.82) is 0 Å². The van der Waals surface area contributed by atoms with Gasteiger partial charge < -0.3 is 5.32 Å².